The number of rotatable bonds is 0. The third-order valence-electron chi connectivity index (χ3n) is 3.61. The van der Waals surface area contributed by atoms with Crippen molar-refractivity contribution < 1.29 is 0 Å². The normalized spacial score (nSPS) is 13.1. The molecule has 0 saturated heterocycles. The summed E-state index contributed by atoms with van der Waals surface area (Å²) in [5.41, 5.74) is 0. The summed E-state index contributed by atoms with van der Waals surface area (Å²) in [6, 6.07) is 15.8. The van der Waals surface area contributed by atoms with Crippen LogP contribution in [-0.4, -0.2) is 29.9 Å². The standard InChI is InChI=1S/C18H8Cl2N6S4/c19-13-21-15-25-17(23-13)29-11-6-1-2-7-12(11)30-18-24-14(20)22-16(26-18)28-10-5-3-4-9(8-10)27-15/h1-8H. The van der Waals surface area contributed by atoms with Crippen LogP contribution >= 0.6 is 70.2 Å². The lowest BCUT2D eigenvalue weighted by molar-refractivity contribution is 0.799. The van der Waals surface area contributed by atoms with Gasteiger partial charge in [-0.2, -0.15) is 29.9 Å². The fourth-order valence-corrected chi connectivity index (χ4v) is 6.57. The van der Waals surface area contributed by atoms with E-state index in [0.717, 1.165) is 19.6 Å². The molecule has 12 heteroatoms. The summed E-state index contributed by atoms with van der Waals surface area (Å²) in [5, 5.41) is 2.39. The van der Waals surface area contributed by atoms with Gasteiger partial charge in [0.25, 0.3) is 0 Å². The molecule has 4 aromatic rings. The van der Waals surface area contributed by atoms with Gasteiger partial charge in [-0.15, -0.1) is 0 Å². The molecule has 2 aromatic heterocycles. The minimum atomic E-state index is 0.154. The highest BCUT2D eigenvalue weighted by atomic mass is 35.5. The van der Waals surface area contributed by atoms with Crippen LogP contribution in [0.25, 0.3) is 0 Å². The lowest BCUT2D eigenvalue weighted by atomic mass is 10.4. The summed E-state index contributed by atoms with van der Waals surface area (Å²) >= 11 is 18.0. The second-order valence-electron chi connectivity index (χ2n) is 5.67. The summed E-state index contributed by atoms with van der Waals surface area (Å²) in [6.07, 6.45) is 0. The minimum absolute atomic E-state index is 0.154. The zero-order chi connectivity index (χ0) is 20.5. The maximum Gasteiger partial charge on any atom is 0.227 e. The highest BCUT2D eigenvalue weighted by molar-refractivity contribution is 8.02. The molecule has 6 nitrogen and oxygen atoms in total. The molecule has 148 valence electrons. The Kier molecular flexibility index (Phi) is 6.03. The molecule has 0 aliphatic carbocycles. The van der Waals surface area contributed by atoms with Crippen LogP contribution in [0.15, 0.2) is 88.7 Å². The van der Waals surface area contributed by atoms with E-state index in [-0.39, 0.29) is 10.6 Å². The molecule has 0 amide bonds. The van der Waals surface area contributed by atoms with Crippen molar-refractivity contribution in [3.05, 3.63) is 59.1 Å². The van der Waals surface area contributed by atoms with Crippen molar-refractivity contribution in [3.63, 3.8) is 0 Å². The lowest BCUT2D eigenvalue weighted by Crippen LogP contribution is -1.95. The largest absolute Gasteiger partial charge is 0.227 e. The van der Waals surface area contributed by atoms with Gasteiger partial charge in [-0.1, -0.05) is 18.2 Å². The van der Waals surface area contributed by atoms with Gasteiger partial charge in [0.15, 0.2) is 20.6 Å². The predicted octanol–water partition coefficient (Wildman–Crippen LogP) is 6.28. The predicted molar refractivity (Wildman–Crippen MR) is 119 cm³/mol. The van der Waals surface area contributed by atoms with E-state index in [4.69, 9.17) is 23.2 Å². The topological polar surface area (TPSA) is 77.3 Å². The van der Waals surface area contributed by atoms with Crippen molar-refractivity contribution in [1.82, 2.24) is 29.9 Å². The smallest absolute Gasteiger partial charge is 0.196 e. The molecule has 6 bridgehead atoms. The Morgan fingerprint density at radius 3 is 1.40 bits per heavy atom. The lowest BCUT2D eigenvalue weighted by Gasteiger charge is -2.08. The fraction of sp³-hybridized carbons (Fsp3) is 0. The molecular weight excluding hydrogens is 499 g/mol. The molecule has 0 N–H and O–H groups in total. The summed E-state index contributed by atoms with van der Waals surface area (Å²) in [5.74, 6) is 0. The molecule has 0 radical (unpaired) electrons. The molecule has 30 heavy (non-hydrogen) atoms. The third kappa shape index (κ3) is 4.84. The third-order valence-corrected chi connectivity index (χ3v) is 7.67. The van der Waals surface area contributed by atoms with Crippen LogP contribution in [0.1, 0.15) is 0 Å². The van der Waals surface area contributed by atoms with E-state index in [1.807, 2.05) is 48.5 Å². The second-order valence-corrected chi connectivity index (χ2v) is 10.4. The fourth-order valence-electron chi connectivity index (χ4n) is 2.44. The van der Waals surface area contributed by atoms with Crippen molar-refractivity contribution in [2.75, 3.05) is 0 Å². The minimum Gasteiger partial charge on any atom is -0.196 e. The summed E-state index contributed by atoms with van der Waals surface area (Å²) in [4.78, 5) is 30.0. The number of benzene rings is 2. The zero-order valence-electron chi connectivity index (χ0n) is 14.7. The van der Waals surface area contributed by atoms with E-state index in [1.165, 1.54) is 47.0 Å². The molecule has 0 fully saturated rings. The first-order chi connectivity index (χ1) is 14.6. The maximum absolute atomic E-state index is 6.18. The number of hydrogen-bond donors (Lipinski definition) is 0. The van der Waals surface area contributed by atoms with Crippen molar-refractivity contribution >= 4 is 70.2 Å². The molecule has 0 unspecified atom stereocenters. The van der Waals surface area contributed by atoms with Gasteiger partial charge in [-0.25, -0.2) is 0 Å². The number of fused-ring (bicyclic) bond motifs is 7. The molecule has 2 aromatic carbocycles. The van der Waals surface area contributed by atoms with Crippen LogP contribution in [0.3, 0.4) is 0 Å². The Hall–Kier alpha value is -1.56. The van der Waals surface area contributed by atoms with Crippen LogP contribution < -0.4 is 0 Å². The molecule has 3 heterocycles. The van der Waals surface area contributed by atoms with Crippen molar-refractivity contribution in [3.8, 4) is 0 Å². The van der Waals surface area contributed by atoms with Crippen LogP contribution in [0.2, 0.25) is 10.6 Å². The first kappa shape index (κ1) is 20.3. The van der Waals surface area contributed by atoms with Crippen LogP contribution in [0.4, 0.5) is 0 Å². The Balaban J connectivity index is 1.66. The van der Waals surface area contributed by atoms with E-state index >= 15 is 0 Å². The molecule has 0 atom stereocenters. The molecule has 1 aliphatic rings. The number of aromatic nitrogens is 6. The molecular formula is C18H8Cl2N6S4. The van der Waals surface area contributed by atoms with Crippen molar-refractivity contribution in [2.24, 2.45) is 0 Å². The molecule has 5 rings (SSSR count). The Morgan fingerprint density at radius 2 is 0.933 bits per heavy atom. The van der Waals surface area contributed by atoms with E-state index in [0.29, 0.717) is 20.6 Å². The van der Waals surface area contributed by atoms with E-state index in [2.05, 4.69) is 29.9 Å². The molecule has 0 saturated carbocycles. The van der Waals surface area contributed by atoms with Gasteiger partial charge in [0.1, 0.15) is 0 Å². The van der Waals surface area contributed by atoms with Gasteiger partial charge in [0.2, 0.25) is 10.6 Å². The Bertz CT molecular complexity index is 1170. The van der Waals surface area contributed by atoms with Crippen LogP contribution in [0, 0.1) is 0 Å². The SMILES string of the molecule is Clc1nc2nc(n1)Sc1ccccc1Sc1nc(Cl)nc(n1)Sc1cccc(c1)S2. The molecule has 0 spiro atoms. The van der Waals surface area contributed by atoms with E-state index < -0.39 is 0 Å². The Labute approximate surface area is 198 Å². The first-order valence-electron chi connectivity index (χ1n) is 8.34. The first-order valence-corrected chi connectivity index (χ1v) is 12.4. The quantitative estimate of drug-likeness (QED) is 0.239. The van der Waals surface area contributed by atoms with Gasteiger partial charge in [-0.3, -0.25) is 0 Å². The Morgan fingerprint density at radius 1 is 0.500 bits per heavy atom. The van der Waals surface area contributed by atoms with Crippen LogP contribution in [-0.2, 0) is 0 Å². The van der Waals surface area contributed by atoms with Gasteiger partial charge in [-0.05, 0) is 101 Å². The van der Waals surface area contributed by atoms with Gasteiger partial charge in [0.05, 0.1) is 0 Å². The van der Waals surface area contributed by atoms with Crippen molar-refractivity contribution in [1.29, 1.82) is 0 Å². The number of hydrogen-bond acceptors (Lipinski definition) is 10. The van der Waals surface area contributed by atoms with Crippen molar-refractivity contribution in [2.45, 2.75) is 40.2 Å². The van der Waals surface area contributed by atoms with E-state index in [9.17, 15) is 0 Å². The summed E-state index contributed by atoms with van der Waals surface area (Å²) in [7, 11) is 0. The van der Waals surface area contributed by atoms with E-state index in [1.54, 1.807) is 0 Å². The summed E-state index contributed by atoms with van der Waals surface area (Å²) < 4.78 is 0. The van der Waals surface area contributed by atoms with Gasteiger partial charge >= 0.3 is 0 Å². The highest BCUT2D eigenvalue weighted by Gasteiger charge is 2.15. The zero-order valence-corrected chi connectivity index (χ0v) is 19.5. The highest BCUT2D eigenvalue weighted by Crippen LogP contribution is 2.39. The van der Waals surface area contributed by atoms with Crippen LogP contribution in [0.5, 0.6) is 0 Å². The number of nitrogens with zero attached hydrogens (tertiary/aromatic N) is 6. The summed E-state index contributed by atoms with van der Waals surface area (Å²) in [6.45, 7) is 0. The molecule has 1 aliphatic heterocycles. The second kappa shape index (κ2) is 8.89. The number of halogens is 2. The average Bonchev–Trinajstić information content (AvgIpc) is 2.68. The average molecular weight is 507 g/mol. The maximum atomic E-state index is 6.18. The van der Waals surface area contributed by atoms with Gasteiger partial charge < -0.3 is 0 Å². The monoisotopic (exact) mass is 506 g/mol. The van der Waals surface area contributed by atoms with Gasteiger partial charge in [0, 0.05) is 19.6 Å².